The smallest absolute Gasteiger partial charge is 0.220 e. The van der Waals surface area contributed by atoms with Gasteiger partial charge < -0.3 is 10.6 Å². The quantitative estimate of drug-likeness (QED) is 0.795. The predicted octanol–water partition coefficient (Wildman–Crippen LogP) is 2.10. The first-order chi connectivity index (χ1) is 7.74. The van der Waals surface area contributed by atoms with Crippen molar-refractivity contribution in [3.05, 3.63) is 0 Å². The third-order valence-electron chi connectivity index (χ3n) is 4.46. The van der Waals surface area contributed by atoms with Gasteiger partial charge in [0.1, 0.15) is 0 Å². The van der Waals surface area contributed by atoms with E-state index in [1.54, 1.807) is 0 Å². The summed E-state index contributed by atoms with van der Waals surface area (Å²) in [6, 6.07) is 0. The third-order valence-corrected chi connectivity index (χ3v) is 4.46. The van der Waals surface area contributed by atoms with Crippen molar-refractivity contribution in [2.75, 3.05) is 19.6 Å². The number of nitrogens with one attached hydrogen (secondary N) is 2. The Kier molecular flexibility index (Phi) is 5.74. The van der Waals surface area contributed by atoms with E-state index in [9.17, 15) is 4.79 Å². The summed E-state index contributed by atoms with van der Waals surface area (Å²) < 4.78 is 0. The van der Waals surface area contributed by atoms with Crippen LogP contribution in [0.2, 0.25) is 0 Å². The molecular formula is C13H25ClN2O. The number of hydrogen-bond acceptors (Lipinski definition) is 2. The Morgan fingerprint density at radius 2 is 2.24 bits per heavy atom. The molecule has 1 aliphatic heterocycles. The Hall–Kier alpha value is -0.280. The van der Waals surface area contributed by atoms with Crippen LogP contribution < -0.4 is 10.6 Å². The second kappa shape index (κ2) is 6.60. The highest BCUT2D eigenvalue weighted by molar-refractivity contribution is 5.85. The van der Waals surface area contributed by atoms with Gasteiger partial charge in [0.15, 0.2) is 0 Å². The average molecular weight is 261 g/mol. The summed E-state index contributed by atoms with van der Waals surface area (Å²) in [7, 11) is 0. The van der Waals surface area contributed by atoms with Crippen molar-refractivity contribution in [2.24, 2.45) is 11.3 Å². The fourth-order valence-corrected chi connectivity index (χ4v) is 2.84. The van der Waals surface area contributed by atoms with Crippen molar-refractivity contribution in [1.29, 1.82) is 0 Å². The average Bonchev–Trinajstić information content (AvgIpc) is 2.69. The Bertz CT molecular complexity index is 242. The lowest BCUT2D eigenvalue weighted by Crippen LogP contribution is -2.42. The van der Waals surface area contributed by atoms with Crippen LogP contribution in [0, 0.1) is 11.3 Å². The Morgan fingerprint density at radius 3 is 2.71 bits per heavy atom. The second-order valence-corrected chi connectivity index (χ2v) is 5.55. The molecule has 1 heterocycles. The van der Waals surface area contributed by atoms with Crippen molar-refractivity contribution in [1.82, 2.24) is 10.6 Å². The number of carbonyl (C=O) groups excluding carboxylic acids is 1. The van der Waals surface area contributed by atoms with Crippen LogP contribution in [0.15, 0.2) is 0 Å². The summed E-state index contributed by atoms with van der Waals surface area (Å²) in [5, 5.41) is 6.44. The first-order valence-corrected chi connectivity index (χ1v) is 6.71. The molecule has 17 heavy (non-hydrogen) atoms. The highest BCUT2D eigenvalue weighted by atomic mass is 35.5. The Balaban J connectivity index is 0.00000144. The van der Waals surface area contributed by atoms with Crippen LogP contribution in [0.1, 0.15) is 45.4 Å². The van der Waals surface area contributed by atoms with Gasteiger partial charge in [-0.25, -0.2) is 0 Å². The lowest BCUT2D eigenvalue weighted by atomic mass is 9.67. The van der Waals surface area contributed by atoms with Gasteiger partial charge in [0.2, 0.25) is 5.91 Å². The molecule has 0 bridgehead atoms. The first-order valence-electron chi connectivity index (χ1n) is 6.71. The van der Waals surface area contributed by atoms with E-state index in [1.165, 1.54) is 25.7 Å². The summed E-state index contributed by atoms with van der Waals surface area (Å²) in [4.78, 5) is 11.8. The van der Waals surface area contributed by atoms with Gasteiger partial charge in [0.25, 0.3) is 0 Å². The molecule has 1 atom stereocenters. The number of amides is 1. The van der Waals surface area contributed by atoms with Gasteiger partial charge in [0.05, 0.1) is 0 Å². The van der Waals surface area contributed by atoms with E-state index in [0.29, 0.717) is 17.8 Å². The van der Waals surface area contributed by atoms with Gasteiger partial charge in [-0.05, 0) is 50.1 Å². The van der Waals surface area contributed by atoms with E-state index in [2.05, 4.69) is 17.6 Å². The van der Waals surface area contributed by atoms with E-state index < -0.39 is 0 Å². The zero-order chi connectivity index (χ0) is 11.4. The van der Waals surface area contributed by atoms with Crippen LogP contribution in [0.4, 0.5) is 0 Å². The molecule has 1 saturated carbocycles. The van der Waals surface area contributed by atoms with Crippen LogP contribution in [-0.2, 0) is 4.79 Å². The largest absolute Gasteiger partial charge is 0.356 e. The maximum Gasteiger partial charge on any atom is 0.220 e. The molecule has 1 unspecified atom stereocenters. The van der Waals surface area contributed by atoms with Crippen LogP contribution >= 0.6 is 12.4 Å². The summed E-state index contributed by atoms with van der Waals surface area (Å²) in [5.74, 6) is 0.826. The topological polar surface area (TPSA) is 41.1 Å². The van der Waals surface area contributed by atoms with E-state index in [0.717, 1.165) is 26.1 Å². The molecule has 2 fully saturated rings. The van der Waals surface area contributed by atoms with Crippen LogP contribution in [0.3, 0.4) is 0 Å². The summed E-state index contributed by atoms with van der Waals surface area (Å²) >= 11 is 0. The molecule has 0 spiro atoms. The molecular weight excluding hydrogens is 236 g/mol. The molecule has 0 radical (unpaired) electrons. The van der Waals surface area contributed by atoms with Gasteiger partial charge in [0, 0.05) is 13.0 Å². The first kappa shape index (κ1) is 14.8. The summed E-state index contributed by atoms with van der Waals surface area (Å²) in [5.41, 5.74) is 0.448. The zero-order valence-electron chi connectivity index (χ0n) is 10.8. The van der Waals surface area contributed by atoms with E-state index in [-0.39, 0.29) is 18.3 Å². The van der Waals surface area contributed by atoms with Crippen LogP contribution in [0.25, 0.3) is 0 Å². The van der Waals surface area contributed by atoms with E-state index in [1.807, 2.05) is 0 Å². The van der Waals surface area contributed by atoms with Gasteiger partial charge in [-0.2, -0.15) is 0 Å². The van der Waals surface area contributed by atoms with Crippen LogP contribution in [0.5, 0.6) is 0 Å². The van der Waals surface area contributed by atoms with E-state index >= 15 is 0 Å². The normalized spacial score (nSPS) is 25.8. The molecule has 2 rings (SSSR count). The monoisotopic (exact) mass is 260 g/mol. The highest BCUT2D eigenvalue weighted by Gasteiger charge is 2.35. The molecule has 0 aromatic carbocycles. The summed E-state index contributed by atoms with van der Waals surface area (Å²) in [6.45, 7) is 5.25. The van der Waals surface area contributed by atoms with Gasteiger partial charge >= 0.3 is 0 Å². The van der Waals surface area contributed by atoms with Crippen molar-refractivity contribution in [3.63, 3.8) is 0 Å². The van der Waals surface area contributed by atoms with Crippen LogP contribution in [-0.4, -0.2) is 25.5 Å². The summed E-state index contributed by atoms with van der Waals surface area (Å²) in [6.07, 6.45) is 7.02. The maximum atomic E-state index is 11.8. The number of carbonyl (C=O) groups is 1. The molecule has 1 amide bonds. The van der Waals surface area contributed by atoms with Gasteiger partial charge in [-0.3, -0.25) is 4.79 Å². The predicted molar refractivity (Wildman–Crippen MR) is 72.4 cm³/mol. The fourth-order valence-electron chi connectivity index (χ4n) is 2.84. The molecule has 4 heteroatoms. The second-order valence-electron chi connectivity index (χ2n) is 5.55. The molecule has 3 nitrogen and oxygen atoms in total. The van der Waals surface area contributed by atoms with E-state index in [4.69, 9.17) is 0 Å². The Labute approximate surface area is 111 Å². The minimum atomic E-state index is 0. The molecule has 1 aliphatic carbocycles. The van der Waals surface area contributed by atoms with Crippen molar-refractivity contribution in [2.45, 2.75) is 45.4 Å². The van der Waals surface area contributed by atoms with Crippen molar-refractivity contribution < 1.29 is 4.79 Å². The number of rotatable bonds is 5. The molecule has 0 aromatic heterocycles. The molecule has 100 valence electrons. The molecule has 2 N–H and O–H groups in total. The minimum Gasteiger partial charge on any atom is -0.356 e. The molecule has 0 aromatic rings. The molecule has 2 aliphatic rings. The minimum absolute atomic E-state index is 0. The van der Waals surface area contributed by atoms with Crippen molar-refractivity contribution in [3.8, 4) is 0 Å². The Morgan fingerprint density at radius 1 is 1.47 bits per heavy atom. The zero-order valence-corrected chi connectivity index (χ0v) is 11.6. The highest BCUT2D eigenvalue weighted by Crippen LogP contribution is 2.43. The standard InChI is InChI=1S/C13H24N2O.ClH/c1-2-13(5-3-6-13)10-15-12(16)8-11-4-7-14-9-11;/h11,14H,2-10H2,1H3,(H,15,16);1H. The number of hydrogen-bond donors (Lipinski definition) is 2. The lowest BCUT2D eigenvalue weighted by Gasteiger charge is -2.41. The fraction of sp³-hybridized carbons (Fsp3) is 0.923. The SMILES string of the molecule is CCC1(CNC(=O)CC2CCNC2)CCC1.Cl. The third kappa shape index (κ3) is 3.85. The van der Waals surface area contributed by atoms with Gasteiger partial charge in [-0.15, -0.1) is 12.4 Å². The maximum absolute atomic E-state index is 11.8. The lowest BCUT2D eigenvalue weighted by molar-refractivity contribution is -0.122. The molecule has 1 saturated heterocycles. The van der Waals surface area contributed by atoms with Gasteiger partial charge in [-0.1, -0.05) is 13.3 Å². The number of halogens is 1. The van der Waals surface area contributed by atoms with Crippen molar-refractivity contribution >= 4 is 18.3 Å².